The molecule has 1 saturated carbocycles. The minimum absolute atomic E-state index is 0.122. The number of amides is 1. The van der Waals surface area contributed by atoms with Gasteiger partial charge in [-0.25, -0.2) is 5.01 Å². The van der Waals surface area contributed by atoms with Crippen LogP contribution in [0.2, 0.25) is 5.02 Å². The molecule has 37 heavy (non-hydrogen) atoms. The fourth-order valence-electron chi connectivity index (χ4n) is 5.18. The van der Waals surface area contributed by atoms with Gasteiger partial charge in [-0.2, -0.15) is 5.10 Å². The second kappa shape index (κ2) is 11.2. The lowest BCUT2D eigenvalue weighted by atomic mass is 9.77. The van der Waals surface area contributed by atoms with E-state index < -0.39 is 0 Å². The van der Waals surface area contributed by atoms with Crippen LogP contribution in [0.5, 0.6) is 11.5 Å². The molecule has 1 aliphatic carbocycles. The van der Waals surface area contributed by atoms with Gasteiger partial charge in [0.05, 0.1) is 25.0 Å². The highest BCUT2D eigenvalue weighted by molar-refractivity contribution is 6.30. The van der Waals surface area contributed by atoms with Crippen molar-refractivity contribution in [2.75, 3.05) is 13.2 Å². The Morgan fingerprint density at radius 2 is 1.57 bits per heavy atom. The molecule has 1 heterocycles. The first-order valence-electron chi connectivity index (χ1n) is 12.9. The molecule has 1 amide bonds. The molecular formula is C31H31ClN2O3. The van der Waals surface area contributed by atoms with E-state index in [1.54, 1.807) is 29.3 Å². The average Bonchev–Trinajstić information content (AvgIpc) is 3.31. The van der Waals surface area contributed by atoms with Gasteiger partial charge in [-0.1, -0.05) is 35.9 Å². The zero-order chi connectivity index (χ0) is 25.8. The molecule has 2 aliphatic rings. The van der Waals surface area contributed by atoms with Gasteiger partial charge in [-0.05, 0) is 104 Å². The van der Waals surface area contributed by atoms with Crippen molar-refractivity contribution in [2.45, 2.75) is 39.2 Å². The van der Waals surface area contributed by atoms with Crippen LogP contribution < -0.4 is 9.47 Å². The molecule has 190 valence electrons. The summed E-state index contributed by atoms with van der Waals surface area (Å²) in [6.07, 6.45) is 5.15. The largest absolute Gasteiger partial charge is 0.494 e. The van der Waals surface area contributed by atoms with Crippen LogP contribution in [0.25, 0.3) is 6.08 Å². The van der Waals surface area contributed by atoms with Crippen LogP contribution in [-0.4, -0.2) is 29.8 Å². The van der Waals surface area contributed by atoms with E-state index in [-0.39, 0.29) is 17.9 Å². The van der Waals surface area contributed by atoms with E-state index in [0.29, 0.717) is 23.8 Å². The van der Waals surface area contributed by atoms with Crippen molar-refractivity contribution in [2.24, 2.45) is 11.0 Å². The molecule has 0 saturated heterocycles. The Hall–Kier alpha value is -3.57. The van der Waals surface area contributed by atoms with Crippen molar-refractivity contribution in [1.82, 2.24) is 5.01 Å². The molecule has 0 spiro atoms. The molecule has 5 nitrogen and oxygen atoms in total. The minimum atomic E-state index is -0.183. The number of rotatable bonds is 7. The Morgan fingerprint density at radius 1 is 0.946 bits per heavy atom. The normalized spacial score (nSPS) is 19.9. The summed E-state index contributed by atoms with van der Waals surface area (Å²) in [5, 5.41) is 7.27. The van der Waals surface area contributed by atoms with E-state index in [1.165, 1.54) is 5.57 Å². The van der Waals surface area contributed by atoms with Crippen molar-refractivity contribution in [3.63, 3.8) is 0 Å². The van der Waals surface area contributed by atoms with Gasteiger partial charge < -0.3 is 9.47 Å². The average molecular weight is 515 g/mol. The Morgan fingerprint density at radius 3 is 2.19 bits per heavy atom. The van der Waals surface area contributed by atoms with E-state index in [0.717, 1.165) is 47.6 Å². The maximum absolute atomic E-state index is 13.7. The summed E-state index contributed by atoms with van der Waals surface area (Å²) in [7, 11) is 0. The number of carbonyl (C=O) groups excluding carboxylic acids is 1. The first-order valence-corrected chi connectivity index (χ1v) is 13.3. The molecule has 1 fully saturated rings. The van der Waals surface area contributed by atoms with Gasteiger partial charge in [-0.15, -0.1) is 0 Å². The van der Waals surface area contributed by atoms with Crippen LogP contribution >= 0.6 is 11.6 Å². The molecule has 0 N–H and O–H groups in total. The number of ether oxygens (including phenoxy) is 2. The lowest BCUT2D eigenvalue weighted by molar-refractivity contribution is 0.0681. The zero-order valence-electron chi connectivity index (χ0n) is 21.2. The summed E-state index contributed by atoms with van der Waals surface area (Å²) >= 11 is 6.08. The lowest BCUT2D eigenvalue weighted by Gasteiger charge is -2.29. The predicted octanol–water partition coefficient (Wildman–Crippen LogP) is 7.57. The number of hydrazone groups is 1. The first-order chi connectivity index (χ1) is 18.1. The number of hydrogen-bond donors (Lipinski definition) is 0. The highest BCUT2D eigenvalue weighted by Gasteiger charge is 2.44. The van der Waals surface area contributed by atoms with E-state index in [2.05, 4.69) is 30.3 Å². The van der Waals surface area contributed by atoms with Crippen LogP contribution in [0.15, 0.2) is 83.5 Å². The Labute approximate surface area is 223 Å². The molecule has 2 unspecified atom stereocenters. The second-order valence-corrected chi connectivity index (χ2v) is 9.70. The molecule has 5 rings (SSSR count). The van der Waals surface area contributed by atoms with Crippen LogP contribution in [0.1, 0.15) is 60.6 Å². The molecule has 3 aromatic rings. The smallest absolute Gasteiger partial charge is 0.274 e. The highest BCUT2D eigenvalue weighted by Crippen LogP contribution is 2.45. The molecule has 0 bridgehead atoms. The first kappa shape index (κ1) is 25.1. The molecule has 1 aliphatic heterocycles. The van der Waals surface area contributed by atoms with Crippen molar-refractivity contribution in [3.05, 3.63) is 100 Å². The summed E-state index contributed by atoms with van der Waals surface area (Å²) < 4.78 is 11.2. The van der Waals surface area contributed by atoms with Crippen molar-refractivity contribution >= 4 is 29.3 Å². The molecule has 3 aromatic carbocycles. The highest BCUT2D eigenvalue weighted by atomic mass is 35.5. The summed E-state index contributed by atoms with van der Waals surface area (Å²) in [4.78, 5) is 13.7. The number of allylic oxidation sites excluding steroid dienone is 1. The predicted molar refractivity (Wildman–Crippen MR) is 148 cm³/mol. The van der Waals surface area contributed by atoms with Gasteiger partial charge in [0, 0.05) is 16.5 Å². The third-order valence-corrected chi connectivity index (χ3v) is 7.12. The van der Waals surface area contributed by atoms with E-state index >= 15 is 0 Å². The Balaban J connectivity index is 1.52. The van der Waals surface area contributed by atoms with Gasteiger partial charge in [-0.3, -0.25) is 4.79 Å². The number of halogens is 1. The van der Waals surface area contributed by atoms with Gasteiger partial charge in [0.25, 0.3) is 5.91 Å². The van der Waals surface area contributed by atoms with Gasteiger partial charge in [0.2, 0.25) is 0 Å². The third-order valence-electron chi connectivity index (χ3n) is 6.87. The second-order valence-electron chi connectivity index (χ2n) is 9.26. The standard InChI is InChI=1S/C31H31ClN2O3/c1-3-36-26-16-8-21(9-17-26)20-24-6-5-7-28-29(24)33-34(31(35)23-10-14-25(32)15-11-23)30(28)22-12-18-27(19-13-22)37-4-2/h8-20,28,30H,3-7H2,1-2H3. The van der Waals surface area contributed by atoms with E-state index in [9.17, 15) is 4.79 Å². The quantitative estimate of drug-likeness (QED) is 0.326. The summed E-state index contributed by atoms with van der Waals surface area (Å²) in [5.41, 5.74) is 4.91. The summed E-state index contributed by atoms with van der Waals surface area (Å²) in [6, 6.07) is 23.0. The maximum Gasteiger partial charge on any atom is 0.274 e. The van der Waals surface area contributed by atoms with Crippen LogP contribution in [-0.2, 0) is 0 Å². The number of fused-ring (bicyclic) bond motifs is 1. The van der Waals surface area contributed by atoms with E-state index in [1.807, 2.05) is 38.1 Å². The fraction of sp³-hybridized carbons (Fsp3) is 0.290. The molecule has 6 heteroatoms. The van der Waals surface area contributed by atoms with Gasteiger partial charge >= 0.3 is 0 Å². The number of carbonyl (C=O) groups is 1. The van der Waals surface area contributed by atoms with Crippen molar-refractivity contribution < 1.29 is 14.3 Å². The van der Waals surface area contributed by atoms with Crippen LogP contribution in [0.3, 0.4) is 0 Å². The number of benzene rings is 3. The summed E-state index contributed by atoms with van der Waals surface area (Å²) in [5.74, 6) is 1.68. The SMILES string of the molecule is CCOc1ccc(C=C2CCCC3C2=NN(C(=O)c2ccc(Cl)cc2)C3c2ccc(OCC)cc2)cc1. The Bertz CT molecular complexity index is 1300. The van der Waals surface area contributed by atoms with Crippen LogP contribution in [0, 0.1) is 5.92 Å². The molecule has 0 aromatic heterocycles. The van der Waals surface area contributed by atoms with Gasteiger partial charge in [0.1, 0.15) is 11.5 Å². The van der Waals surface area contributed by atoms with Crippen molar-refractivity contribution in [1.29, 1.82) is 0 Å². The van der Waals surface area contributed by atoms with Crippen LogP contribution in [0.4, 0.5) is 0 Å². The lowest BCUT2D eigenvalue weighted by Crippen LogP contribution is -2.31. The molecule has 0 radical (unpaired) electrons. The topological polar surface area (TPSA) is 51.1 Å². The fourth-order valence-corrected chi connectivity index (χ4v) is 5.31. The van der Waals surface area contributed by atoms with Gasteiger partial charge in [0.15, 0.2) is 0 Å². The summed E-state index contributed by atoms with van der Waals surface area (Å²) in [6.45, 7) is 5.20. The zero-order valence-corrected chi connectivity index (χ0v) is 21.9. The van der Waals surface area contributed by atoms with E-state index in [4.69, 9.17) is 26.2 Å². The van der Waals surface area contributed by atoms with Crippen molar-refractivity contribution in [3.8, 4) is 11.5 Å². The maximum atomic E-state index is 13.7. The monoisotopic (exact) mass is 514 g/mol. The molecule has 2 atom stereocenters. The molecular weight excluding hydrogens is 484 g/mol. The number of nitrogens with zero attached hydrogens (tertiary/aromatic N) is 2. The number of hydrogen-bond acceptors (Lipinski definition) is 4. The Kier molecular flexibility index (Phi) is 7.61. The third kappa shape index (κ3) is 5.42. The minimum Gasteiger partial charge on any atom is -0.494 e.